The summed E-state index contributed by atoms with van der Waals surface area (Å²) in [6.45, 7) is 0.736. The van der Waals surface area contributed by atoms with Crippen LogP contribution < -0.4 is 25.4 Å². The van der Waals surface area contributed by atoms with Crippen LogP contribution in [0.4, 0.5) is 0 Å². The zero-order valence-corrected chi connectivity index (χ0v) is 15.8. The fourth-order valence-electron chi connectivity index (χ4n) is 2.76. The summed E-state index contributed by atoms with van der Waals surface area (Å²) in [6.07, 6.45) is 1.38. The van der Waals surface area contributed by atoms with Crippen molar-refractivity contribution >= 4 is 33.9 Å². The summed E-state index contributed by atoms with van der Waals surface area (Å²) in [5, 5.41) is 0.380. The molecular weight excluding hydrogens is 418 g/mol. The highest BCUT2D eigenvalue weighted by molar-refractivity contribution is 8.93. The summed E-state index contributed by atoms with van der Waals surface area (Å²) in [4.78, 5) is 24.1. The molecule has 8 heteroatoms. The summed E-state index contributed by atoms with van der Waals surface area (Å²) in [6, 6.07) is 9.87. The first-order valence-electron chi connectivity index (χ1n) is 8.02. The molecule has 2 heterocycles. The maximum Gasteiger partial charge on any atom is 0.325 e. The number of fused-ring (bicyclic) bond motifs is 2. The SMILES string of the molecule is Br.NCC(=O)Oc1ccc2c(=O)c(-c3ccc4c(c3)OCCO4)coc2c1. The lowest BCUT2D eigenvalue weighted by atomic mass is 10.0. The van der Waals surface area contributed by atoms with Crippen molar-refractivity contribution in [3.05, 3.63) is 52.9 Å². The zero-order chi connectivity index (χ0) is 18.1. The molecule has 2 aromatic carbocycles. The van der Waals surface area contributed by atoms with Crippen LogP contribution in [0.25, 0.3) is 22.1 Å². The lowest BCUT2D eigenvalue weighted by Crippen LogP contribution is -2.19. The predicted octanol–water partition coefficient (Wildman–Crippen LogP) is 2.67. The monoisotopic (exact) mass is 433 g/mol. The van der Waals surface area contributed by atoms with Crippen molar-refractivity contribution in [3.8, 4) is 28.4 Å². The molecule has 0 radical (unpaired) electrons. The second-order valence-corrected chi connectivity index (χ2v) is 5.67. The molecule has 4 rings (SSSR count). The zero-order valence-electron chi connectivity index (χ0n) is 14.1. The van der Waals surface area contributed by atoms with Gasteiger partial charge in [-0.25, -0.2) is 0 Å². The molecule has 0 bridgehead atoms. The Morgan fingerprint density at radius 3 is 2.63 bits per heavy atom. The van der Waals surface area contributed by atoms with Crippen molar-refractivity contribution in [3.63, 3.8) is 0 Å². The van der Waals surface area contributed by atoms with E-state index in [1.807, 2.05) is 0 Å². The molecule has 0 atom stereocenters. The molecule has 1 aromatic heterocycles. The van der Waals surface area contributed by atoms with Crippen LogP contribution in [-0.2, 0) is 4.79 Å². The van der Waals surface area contributed by atoms with Crippen LogP contribution in [0.3, 0.4) is 0 Å². The van der Waals surface area contributed by atoms with E-state index in [4.69, 9.17) is 24.4 Å². The van der Waals surface area contributed by atoms with E-state index in [9.17, 15) is 9.59 Å². The Labute approximate surface area is 164 Å². The van der Waals surface area contributed by atoms with Gasteiger partial charge in [0.05, 0.1) is 17.5 Å². The van der Waals surface area contributed by atoms with Crippen LogP contribution in [-0.4, -0.2) is 25.7 Å². The third kappa shape index (κ3) is 3.67. The standard InChI is InChI=1S/C19H15NO6.BrH/c20-9-18(21)26-12-2-3-13-16(8-12)25-10-14(19(13)22)11-1-4-15-17(7-11)24-6-5-23-15;/h1-4,7-8,10H,5-6,9,20H2;1H. The van der Waals surface area contributed by atoms with Gasteiger partial charge in [-0.05, 0) is 29.8 Å². The van der Waals surface area contributed by atoms with E-state index < -0.39 is 5.97 Å². The Morgan fingerprint density at radius 2 is 1.85 bits per heavy atom. The van der Waals surface area contributed by atoms with Gasteiger partial charge in [-0.3, -0.25) is 9.59 Å². The molecule has 0 unspecified atom stereocenters. The van der Waals surface area contributed by atoms with Crippen molar-refractivity contribution in [2.75, 3.05) is 19.8 Å². The quantitative estimate of drug-likeness (QED) is 0.500. The normalized spacial score (nSPS) is 12.3. The van der Waals surface area contributed by atoms with Crippen LogP contribution in [0.2, 0.25) is 0 Å². The van der Waals surface area contributed by atoms with E-state index in [1.165, 1.54) is 18.4 Å². The van der Waals surface area contributed by atoms with E-state index in [-0.39, 0.29) is 34.7 Å². The molecule has 27 heavy (non-hydrogen) atoms. The number of nitrogens with two attached hydrogens (primary N) is 1. The van der Waals surface area contributed by atoms with Crippen molar-refractivity contribution in [2.45, 2.75) is 0 Å². The number of carbonyl (C=O) groups is 1. The van der Waals surface area contributed by atoms with Crippen molar-refractivity contribution in [1.82, 2.24) is 0 Å². The average Bonchev–Trinajstić information content (AvgIpc) is 2.68. The van der Waals surface area contributed by atoms with Gasteiger partial charge < -0.3 is 24.4 Å². The Balaban J connectivity index is 0.00000210. The van der Waals surface area contributed by atoms with Gasteiger partial charge in [0.15, 0.2) is 16.9 Å². The maximum atomic E-state index is 12.8. The van der Waals surface area contributed by atoms with Gasteiger partial charge in [-0.1, -0.05) is 6.07 Å². The molecule has 0 fully saturated rings. The number of carbonyl (C=O) groups excluding carboxylic acids is 1. The molecule has 1 aliphatic rings. The number of hydrogen-bond donors (Lipinski definition) is 1. The topological polar surface area (TPSA) is 101 Å². The van der Waals surface area contributed by atoms with E-state index in [2.05, 4.69) is 0 Å². The van der Waals surface area contributed by atoms with E-state index >= 15 is 0 Å². The van der Waals surface area contributed by atoms with E-state index in [0.29, 0.717) is 46.8 Å². The number of rotatable bonds is 3. The fraction of sp³-hybridized carbons (Fsp3) is 0.158. The highest BCUT2D eigenvalue weighted by Crippen LogP contribution is 2.34. The smallest absolute Gasteiger partial charge is 0.325 e. The molecule has 1 aliphatic heterocycles. The van der Waals surface area contributed by atoms with Crippen LogP contribution in [0.5, 0.6) is 17.2 Å². The second kappa shape index (κ2) is 7.81. The third-order valence-electron chi connectivity index (χ3n) is 4.00. The Kier molecular flexibility index (Phi) is 5.48. The predicted molar refractivity (Wildman–Crippen MR) is 104 cm³/mol. The Morgan fingerprint density at radius 1 is 1.07 bits per heavy atom. The van der Waals surface area contributed by atoms with Crippen LogP contribution in [0.15, 0.2) is 51.9 Å². The minimum atomic E-state index is -0.570. The number of halogens is 1. The molecule has 0 saturated heterocycles. The summed E-state index contributed by atoms with van der Waals surface area (Å²) in [5.41, 5.74) is 6.42. The largest absolute Gasteiger partial charge is 0.486 e. The minimum absolute atomic E-state index is 0. The summed E-state index contributed by atoms with van der Waals surface area (Å²) in [5.74, 6) is 0.941. The second-order valence-electron chi connectivity index (χ2n) is 5.67. The van der Waals surface area contributed by atoms with Gasteiger partial charge >= 0.3 is 5.97 Å². The number of esters is 1. The third-order valence-corrected chi connectivity index (χ3v) is 4.00. The van der Waals surface area contributed by atoms with Gasteiger partial charge in [-0.2, -0.15) is 0 Å². The summed E-state index contributed by atoms with van der Waals surface area (Å²) < 4.78 is 21.7. The van der Waals surface area contributed by atoms with Crippen molar-refractivity contribution in [1.29, 1.82) is 0 Å². The number of benzene rings is 2. The van der Waals surface area contributed by atoms with Crippen molar-refractivity contribution < 1.29 is 23.4 Å². The highest BCUT2D eigenvalue weighted by atomic mass is 79.9. The molecule has 0 saturated carbocycles. The highest BCUT2D eigenvalue weighted by Gasteiger charge is 2.16. The molecule has 140 valence electrons. The van der Waals surface area contributed by atoms with Crippen molar-refractivity contribution in [2.24, 2.45) is 5.73 Å². The minimum Gasteiger partial charge on any atom is -0.486 e. The molecule has 3 aromatic rings. The first kappa shape index (κ1) is 18.9. The average molecular weight is 434 g/mol. The number of hydrogen-bond acceptors (Lipinski definition) is 7. The molecule has 0 amide bonds. The maximum absolute atomic E-state index is 12.8. The lowest BCUT2D eigenvalue weighted by molar-refractivity contribution is -0.132. The molecule has 7 nitrogen and oxygen atoms in total. The molecule has 0 spiro atoms. The molecular formula is C19H16BrNO6. The van der Waals surface area contributed by atoms with E-state index in [0.717, 1.165) is 0 Å². The first-order chi connectivity index (χ1) is 12.7. The summed E-state index contributed by atoms with van der Waals surface area (Å²) >= 11 is 0. The van der Waals surface area contributed by atoms with Gasteiger partial charge in [0.1, 0.15) is 30.8 Å². The molecule has 0 aliphatic carbocycles. The van der Waals surface area contributed by atoms with Gasteiger partial charge in [0.2, 0.25) is 0 Å². The van der Waals surface area contributed by atoms with Gasteiger partial charge in [0.25, 0.3) is 0 Å². The van der Waals surface area contributed by atoms with Gasteiger partial charge in [0, 0.05) is 6.07 Å². The Hall–Kier alpha value is -2.84. The Bertz CT molecular complexity index is 1060. The molecule has 2 N–H and O–H groups in total. The summed E-state index contributed by atoms with van der Waals surface area (Å²) in [7, 11) is 0. The first-order valence-corrected chi connectivity index (χ1v) is 8.02. The lowest BCUT2D eigenvalue weighted by Gasteiger charge is -2.18. The fourth-order valence-corrected chi connectivity index (χ4v) is 2.76. The van der Waals surface area contributed by atoms with Gasteiger partial charge in [-0.15, -0.1) is 17.0 Å². The van der Waals surface area contributed by atoms with Crippen LogP contribution in [0, 0.1) is 0 Å². The van der Waals surface area contributed by atoms with E-state index in [1.54, 1.807) is 24.3 Å². The van der Waals surface area contributed by atoms with Crippen LogP contribution in [0.1, 0.15) is 0 Å². The van der Waals surface area contributed by atoms with Crippen LogP contribution >= 0.6 is 17.0 Å². The number of ether oxygens (including phenoxy) is 3.